The minimum Gasteiger partial charge on any atom is -0.352 e. The second-order valence-electron chi connectivity index (χ2n) is 7.64. The van der Waals surface area contributed by atoms with Gasteiger partial charge in [-0.3, -0.25) is 19.3 Å². The molecule has 5 atom stereocenters. The number of likely N-dealkylation sites (tertiary alicyclic amines) is 1. The second-order valence-corrected chi connectivity index (χ2v) is 7.64. The van der Waals surface area contributed by atoms with Gasteiger partial charge in [-0.2, -0.15) is 0 Å². The smallest absolute Gasteiger partial charge is 0.240 e. The quantitative estimate of drug-likeness (QED) is 0.632. The highest BCUT2D eigenvalue weighted by Gasteiger charge is 2.59. The van der Waals surface area contributed by atoms with Crippen LogP contribution in [0.4, 0.5) is 8.78 Å². The number of rotatable bonds is 5. The zero-order valence-corrected chi connectivity index (χ0v) is 14.8. The number of hydrogen-bond donors (Lipinski definition) is 1. The molecule has 2 bridgehead atoms. The lowest BCUT2D eigenvalue weighted by Gasteiger charge is -2.19. The van der Waals surface area contributed by atoms with Gasteiger partial charge < -0.3 is 5.32 Å². The van der Waals surface area contributed by atoms with Crippen LogP contribution >= 0.6 is 0 Å². The third kappa shape index (κ3) is 2.95. The second kappa shape index (κ2) is 6.55. The van der Waals surface area contributed by atoms with Gasteiger partial charge in [0, 0.05) is 11.6 Å². The van der Waals surface area contributed by atoms with Crippen molar-refractivity contribution in [2.45, 2.75) is 25.8 Å². The van der Waals surface area contributed by atoms with Crippen molar-refractivity contribution in [2.24, 2.45) is 23.7 Å². The maximum absolute atomic E-state index is 13.7. The summed E-state index contributed by atoms with van der Waals surface area (Å²) in [7, 11) is 0. The number of imide groups is 1. The molecule has 142 valence electrons. The third-order valence-corrected chi connectivity index (χ3v) is 5.84. The Bertz CT molecular complexity index is 803. The van der Waals surface area contributed by atoms with Gasteiger partial charge in [0.05, 0.1) is 11.8 Å². The number of benzene rings is 1. The summed E-state index contributed by atoms with van der Waals surface area (Å²) in [5.74, 6) is -2.93. The number of carbonyl (C=O) groups is 3. The molecule has 2 aliphatic carbocycles. The number of nitrogens with zero attached hydrogens (tertiary/aromatic N) is 1. The molecular weight excluding hydrogens is 354 g/mol. The number of carbonyl (C=O) groups excluding carboxylic acids is 3. The Kier molecular flexibility index (Phi) is 4.32. The van der Waals surface area contributed by atoms with Crippen LogP contribution < -0.4 is 5.32 Å². The van der Waals surface area contributed by atoms with Crippen LogP contribution in [-0.2, 0) is 20.8 Å². The molecule has 4 rings (SSSR count). The molecule has 0 spiro atoms. The molecule has 3 aliphatic rings. The first kappa shape index (κ1) is 17.8. The largest absolute Gasteiger partial charge is 0.352 e. The van der Waals surface area contributed by atoms with Gasteiger partial charge in [-0.15, -0.1) is 0 Å². The van der Waals surface area contributed by atoms with E-state index in [9.17, 15) is 23.2 Å². The van der Waals surface area contributed by atoms with Crippen LogP contribution in [0.15, 0.2) is 30.4 Å². The Morgan fingerprint density at radius 2 is 1.70 bits per heavy atom. The fourth-order valence-electron chi connectivity index (χ4n) is 4.67. The molecule has 1 aromatic carbocycles. The van der Waals surface area contributed by atoms with Gasteiger partial charge in [0.1, 0.15) is 18.2 Å². The van der Waals surface area contributed by atoms with Crippen LogP contribution in [0.25, 0.3) is 0 Å². The van der Waals surface area contributed by atoms with E-state index in [4.69, 9.17) is 0 Å². The standard InChI is InChI=1S/C20H20F2N2O3/c1-10(7-13-14(21)3-2-4-15(13)22)23-16(25)9-24-19(26)17-11-5-6-12(8-11)18(17)20(24)27/h2-6,10-12,17-18H,7-9H2,1H3,(H,23,25)/t10-,11-,12-,17-,18+/m0/s1. The van der Waals surface area contributed by atoms with Crippen LogP contribution in [0.5, 0.6) is 0 Å². The first-order valence-electron chi connectivity index (χ1n) is 9.12. The molecule has 1 aliphatic heterocycles. The van der Waals surface area contributed by atoms with Crippen molar-refractivity contribution in [1.82, 2.24) is 10.2 Å². The molecular formula is C20H20F2N2O3. The molecule has 5 nitrogen and oxygen atoms in total. The van der Waals surface area contributed by atoms with Gasteiger partial charge in [-0.05, 0) is 43.7 Å². The predicted molar refractivity (Wildman–Crippen MR) is 92.1 cm³/mol. The molecule has 1 saturated heterocycles. The van der Waals surface area contributed by atoms with Gasteiger partial charge >= 0.3 is 0 Å². The molecule has 27 heavy (non-hydrogen) atoms. The van der Waals surface area contributed by atoms with Gasteiger partial charge in [0.15, 0.2) is 0 Å². The molecule has 1 N–H and O–H groups in total. The van der Waals surface area contributed by atoms with Gasteiger partial charge in [-0.25, -0.2) is 8.78 Å². The Morgan fingerprint density at radius 3 is 2.26 bits per heavy atom. The maximum atomic E-state index is 13.7. The van der Waals surface area contributed by atoms with E-state index in [0.717, 1.165) is 23.5 Å². The van der Waals surface area contributed by atoms with Crippen LogP contribution in [-0.4, -0.2) is 35.2 Å². The van der Waals surface area contributed by atoms with Gasteiger partial charge in [0.2, 0.25) is 17.7 Å². The van der Waals surface area contributed by atoms with Crippen molar-refractivity contribution < 1.29 is 23.2 Å². The summed E-state index contributed by atoms with van der Waals surface area (Å²) in [4.78, 5) is 38.5. The fourth-order valence-corrected chi connectivity index (χ4v) is 4.67. The summed E-state index contributed by atoms with van der Waals surface area (Å²) >= 11 is 0. The Morgan fingerprint density at radius 1 is 1.15 bits per heavy atom. The lowest BCUT2D eigenvalue weighted by atomic mass is 9.85. The number of hydrogen-bond acceptors (Lipinski definition) is 3. The van der Waals surface area contributed by atoms with Crippen molar-refractivity contribution in [3.63, 3.8) is 0 Å². The summed E-state index contributed by atoms with van der Waals surface area (Å²) in [6.45, 7) is 1.27. The van der Waals surface area contributed by atoms with Crippen molar-refractivity contribution in [2.75, 3.05) is 6.54 Å². The molecule has 7 heteroatoms. The number of nitrogens with one attached hydrogen (secondary N) is 1. The molecule has 1 aromatic rings. The van der Waals surface area contributed by atoms with E-state index in [1.54, 1.807) is 6.92 Å². The lowest BCUT2D eigenvalue weighted by Crippen LogP contribution is -2.44. The zero-order chi connectivity index (χ0) is 19.3. The molecule has 1 saturated carbocycles. The van der Waals surface area contributed by atoms with Crippen LogP contribution in [0.3, 0.4) is 0 Å². The van der Waals surface area contributed by atoms with Crippen molar-refractivity contribution in [1.29, 1.82) is 0 Å². The highest BCUT2D eigenvalue weighted by molar-refractivity contribution is 6.08. The van der Waals surface area contributed by atoms with Crippen LogP contribution in [0, 0.1) is 35.3 Å². The average molecular weight is 374 g/mol. The minimum absolute atomic E-state index is 0.0224. The Hall–Kier alpha value is -2.57. The normalized spacial score (nSPS) is 29.4. The number of allylic oxidation sites excluding steroid dienone is 2. The third-order valence-electron chi connectivity index (χ3n) is 5.84. The Labute approximate surface area is 155 Å². The van der Waals surface area contributed by atoms with Gasteiger partial charge in [-0.1, -0.05) is 18.2 Å². The SMILES string of the molecule is C[C@@H](Cc1c(F)cccc1F)NC(=O)CN1C(=O)[C@@H]2[C@H](C1=O)[C@H]1C=C[C@H]2C1. The molecule has 2 fully saturated rings. The van der Waals surface area contributed by atoms with Crippen LogP contribution in [0.1, 0.15) is 18.9 Å². The van der Waals surface area contributed by atoms with E-state index < -0.39 is 23.6 Å². The van der Waals surface area contributed by atoms with Crippen LogP contribution in [0.2, 0.25) is 0 Å². The van der Waals surface area contributed by atoms with E-state index in [1.807, 2.05) is 12.2 Å². The average Bonchev–Trinajstić information content (AvgIpc) is 3.28. The highest BCUT2D eigenvalue weighted by atomic mass is 19.1. The maximum Gasteiger partial charge on any atom is 0.240 e. The van der Waals surface area contributed by atoms with Crippen molar-refractivity contribution in [3.8, 4) is 0 Å². The lowest BCUT2D eigenvalue weighted by molar-refractivity contribution is -0.144. The van der Waals surface area contributed by atoms with E-state index >= 15 is 0 Å². The number of amides is 3. The highest BCUT2D eigenvalue weighted by Crippen LogP contribution is 2.52. The first-order valence-corrected chi connectivity index (χ1v) is 9.12. The minimum atomic E-state index is -0.670. The zero-order valence-electron chi connectivity index (χ0n) is 14.8. The molecule has 0 unspecified atom stereocenters. The van der Waals surface area contributed by atoms with E-state index in [1.165, 1.54) is 6.07 Å². The molecule has 0 aromatic heterocycles. The van der Waals surface area contributed by atoms with E-state index in [-0.39, 0.29) is 54.0 Å². The first-order chi connectivity index (χ1) is 12.9. The molecule has 3 amide bonds. The van der Waals surface area contributed by atoms with Crippen molar-refractivity contribution in [3.05, 3.63) is 47.5 Å². The van der Waals surface area contributed by atoms with E-state index in [2.05, 4.69) is 5.32 Å². The molecule has 1 heterocycles. The predicted octanol–water partition coefficient (Wildman–Crippen LogP) is 1.82. The number of fused-ring (bicyclic) bond motifs is 5. The summed E-state index contributed by atoms with van der Waals surface area (Å²) < 4.78 is 27.5. The monoisotopic (exact) mass is 374 g/mol. The van der Waals surface area contributed by atoms with Gasteiger partial charge in [0.25, 0.3) is 0 Å². The Balaban J connectivity index is 1.37. The topological polar surface area (TPSA) is 66.5 Å². The summed E-state index contributed by atoms with van der Waals surface area (Å²) in [5.41, 5.74) is -0.101. The fraction of sp³-hybridized carbons (Fsp3) is 0.450. The summed E-state index contributed by atoms with van der Waals surface area (Å²) in [6.07, 6.45) is 4.79. The van der Waals surface area contributed by atoms with Crippen molar-refractivity contribution >= 4 is 17.7 Å². The van der Waals surface area contributed by atoms with E-state index in [0.29, 0.717) is 0 Å². The molecule has 0 radical (unpaired) electrons. The summed E-state index contributed by atoms with van der Waals surface area (Å²) in [6, 6.07) is 3.06. The summed E-state index contributed by atoms with van der Waals surface area (Å²) in [5, 5.41) is 2.62. The number of halogens is 2.